The number of aliphatic hydroxyl groups is 2. The van der Waals surface area contributed by atoms with Gasteiger partial charge < -0.3 is 20.3 Å². The summed E-state index contributed by atoms with van der Waals surface area (Å²) in [5.41, 5.74) is 0. The van der Waals surface area contributed by atoms with Gasteiger partial charge in [-0.25, -0.2) is 0 Å². The van der Waals surface area contributed by atoms with Crippen molar-refractivity contribution in [1.82, 2.24) is 5.32 Å². The molecule has 2 unspecified atom stereocenters. The van der Waals surface area contributed by atoms with Crippen LogP contribution in [0, 0.1) is 0 Å². The van der Waals surface area contributed by atoms with Gasteiger partial charge in [0.05, 0.1) is 25.4 Å². The summed E-state index contributed by atoms with van der Waals surface area (Å²) in [6, 6.07) is -0.629. The Balaban J connectivity index is 3.40. The predicted octanol–water partition coefficient (Wildman–Crippen LogP) is 27.3. The molecule has 0 radical (unpaired) electrons. The largest absolute Gasteiger partial charge is 0.466 e. The number of allylic oxidation sites excluding steroid dienone is 9. The van der Waals surface area contributed by atoms with Crippen LogP contribution in [-0.4, -0.2) is 47.4 Å². The number of ether oxygens (including phenoxy) is 1. The number of hydrogen-bond donors (Lipinski definition) is 3. The third-order valence-electron chi connectivity index (χ3n) is 19.0. The molecule has 91 heavy (non-hydrogen) atoms. The van der Waals surface area contributed by atoms with Crippen LogP contribution in [0.25, 0.3) is 0 Å². The fraction of sp³-hybridized carbons (Fsp3) is 0.859. The monoisotopic (exact) mass is 1270 g/mol. The second-order valence-corrected chi connectivity index (χ2v) is 28.1. The molecule has 0 heterocycles. The molecule has 2 atom stereocenters. The summed E-state index contributed by atoms with van der Waals surface area (Å²) < 4.78 is 5.51. The fourth-order valence-electron chi connectivity index (χ4n) is 12.8. The van der Waals surface area contributed by atoms with Crippen LogP contribution in [0.15, 0.2) is 60.8 Å². The van der Waals surface area contributed by atoms with Crippen molar-refractivity contribution in [1.29, 1.82) is 0 Å². The summed E-state index contributed by atoms with van der Waals surface area (Å²) in [6.07, 6.45) is 108. The molecular formula is C85H159NO5. The van der Waals surface area contributed by atoms with Crippen LogP contribution in [-0.2, 0) is 14.3 Å². The molecule has 534 valence electrons. The van der Waals surface area contributed by atoms with Crippen molar-refractivity contribution in [3.63, 3.8) is 0 Å². The SMILES string of the molecule is CCCCC/C=C\C/C=C\CCCCCCCCCCCC(=O)OCCCCCCCCCCC/C=C\C/C=C\CCCCCCCCCCCCCCCCCCCC(=O)NC(CO)C(O)/C=C/CCCCCCCCCCCCCCCCCCCCCC. The van der Waals surface area contributed by atoms with E-state index in [9.17, 15) is 19.8 Å². The average Bonchev–Trinajstić information content (AvgIpc) is 3.58. The van der Waals surface area contributed by atoms with Crippen molar-refractivity contribution < 1.29 is 24.5 Å². The van der Waals surface area contributed by atoms with E-state index in [2.05, 4.69) is 67.8 Å². The van der Waals surface area contributed by atoms with Crippen molar-refractivity contribution >= 4 is 11.9 Å². The van der Waals surface area contributed by atoms with Gasteiger partial charge >= 0.3 is 5.97 Å². The zero-order valence-corrected chi connectivity index (χ0v) is 61.3. The van der Waals surface area contributed by atoms with Crippen molar-refractivity contribution in [2.75, 3.05) is 13.2 Å². The van der Waals surface area contributed by atoms with E-state index >= 15 is 0 Å². The standard InChI is InChI=1S/C85H159NO5/c1-3-5-7-9-11-13-15-17-19-21-23-24-38-42-45-49-53-57-61-65-69-73-77-83(88)82(81-87)86-84(89)78-74-70-66-62-58-54-50-46-43-39-36-34-32-30-28-26-25-27-29-31-33-35-37-40-44-48-52-56-60-64-68-72-76-80-91-85(90)79-75-71-67-63-59-55-51-47-41-22-20-18-16-14-12-10-8-6-4-2/h12,14,18,20,29,31,35,37,73,77,82-83,87-88H,3-11,13,15-17,19,21-28,30,32-34,36,38-72,74-76,78-81H2,1-2H3,(H,86,89)/b14-12-,20-18-,31-29-,37-35-,77-73+. The molecule has 0 saturated carbocycles. The lowest BCUT2D eigenvalue weighted by Gasteiger charge is -2.20. The molecule has 6 heteroatoms. The maximum absolute atomic E-state index is 12.6. The summed E-state index contributed by atoms with van der Waals surface area (Å²) in [4.78, 5) is 24.7. The van der Waals surface area contributed by atoms with Crippen molar-refractivity contribution in [2.45, 2.75) is 456 Å². The van der Waals surface area contributed by atoms with E-state index < -0.39 is 12.1 Å². The first-order valence-corrected chi connectivity index (χ1v) is 41.1. The van der Waals surface area contributed by atoms with Gasteiger partial charge in [-0.1, -0.05) is 396 Å². The van der Waals surface area contributed by atoms with Gasteiger partial charge in [-0.2, -0.15) is 0 Å². The lowest BCUT2D eigenvalue weighted by Crippen LogP contribution is -2.45. The van der Waals surface area contributed by atoms with Gasteiger partial charge in [-0.15, -0.1) is 0 Å². The number of nitrogens with one attached hydrogen (secondary N) is 1. The van der Waals surface area contributed by atoms with E-state index in [1.54, 1.807) is 6.08 Å². The molecule has 0 bridgehead atoms. The molecular weight excluding hydrogens is 1110 g/mol. The molecule has 0 aromatic carbocycles. The third kappa shape index (κ3) is 76.5. The number of aliphatic hydroxyl groups excluding tert-OH is 2. The minimum Gasteiger partial charge on any atom is -0.466 e. The first kappa shape index (κ1) is 88.6. The summed E-state index contributed by atoms with van der Waals surface area (Å²) in [5.74, 6) is -0.0515. The maximum atomic E-state index is 12.6. The number of unbranched alkanes of at least 4 members (excludes halogenated alkanes) is 58. The molecule has 0 aliphatic heterocycles. The maximum Gasteiger partial charge on any atom is 0.305 e. The number of carbonyl (C=O) groups excluding carboxylic acids is 2. The highest BCUT2D eigenvalue weighted by molar-refractivity contribution is 5.76. The van der Waals surface area contributed by atoms with Crippen LogP contribution in [0.4, 0.5) is 0 Å². The number of hydrogen-bond acceptors (Lipinski definition) is 5. The van der Waals surface area contributed by atoms with Crippen LogP contribution in [0.1, 0.15) is 444 Å². The van der Waals surface area contributed by atoms with E-state index in [4.69, 9.17) is 4.74 Å². The molecule has 3 N–H and O–H groups in total. The minimum absolute atomic E-state index is 0.0105. The highest BCUT2D eigenvalue weighted by Gasteiger charge is 2.18. The Labute approximate surface area is 569 Å². The highest BCUT2D eigenvalue weighted by Crippen LogP contribution is 2.19. The minimum atomic E-state index is -0.846. The summed E-state index contributed by atoms with van der Waals surface area (Å²) in [6.45, 7) is 4.92. The summed E-state index contributed by atoms with van der Waals surface area (Å²) in [5, 5.41) is 23.3. The Hall–Kier alpha value is -2.44. The van der Waals surface area contributed by atoms with Gasteiger partial charge in [-0.05, 0) is 96.3 Å². The summed E-state index contributed by atoms with van der Waals surface area (Å²) >= 11 is 0. The molecule has 0 aliphatic carbocycles. The lowest BCUT2D eigenvalue weighted by atomic mass is 10.0. The van der Waals surface area contributed by atoms with Gasteiger partial charge in [-0.3, -0.25) is 9.59 Å². The van der Waals surface area contributed by atoms with Crippen molar-refractivity contribution in [3.8, 4) is 0 Å². The van der Waals surface area contributed by atoms with E-state index in [1.165, 1.54) is 360 Å². The van der Waals surface area contributed by atoms with Crippen LogP contribution in [0.2, 0.25) is 0 Å². The molecule has 0 aliphatic rings. The van der Waals surface area contributed by atoms with E-state index in [1.807, 2.05) is 6.08 Å². The van der Waals surface area contributed by atoms with Crippen LogP contribution in [0.5, 0.6) is 0 Å². The van der Waals surface area contributed by atoms with Crippen LogP contribution >= 0.6 is 0 Å². The third-order valence-corrected chi connectivity index (χ3v) is 19.0. The molecule has 0 saturated heterocycles. The Morgan fingerprint density at radius 1 is 0.308 bits per heavy atom. The second kappa shape index (κ2) is 80.0. The first-order chi connectivity index (χ1) is 45.0. The Kier molecular flexibility index (Phi) is 77.9. The van der Waals surface area contributed by atoms with Gasteiger partial charge in [0.2, 0.25) is 5.91 Å². The smallest absolute Gasteiger partial charge is 0.305 e. The van der Waals surface area contributed by atoms with Gasteiger partial charge in [0, 0.05) is 12.8 Å². The Bertz CT molecular complexity index is 1570. The molecule has 1 amide bonds. The van der Waals surface area contributed by atoms with E-state index in [0.717, 1.165) is 57.8 Å². The molecule has 6 nitrogen and oxygen atoms in total. The first-order valence-electron chi connectivity index (χ1n) is 41.1. The van der Waals surface area contributed by atoms with Gasteiger partial charge in [0.1, 0.15) is 0 Å². The predicted molar refractivity (Wildman–Crippen MR) is 402 cm³/mol. The van der Waals surface area contributed by atoms with E-state index in [0.29, 0.717) is 19.4 Å². The number of amides is 1. The average molecular weight is 1280 g/mol. The quantitative estimate of drug-likeness (QED) is 0.0320. The van der Waals surface area contributed by atoms with Gasteiger partial charge in [0.15, 0.2) is 0 Å². The highest BCUT2D eigenvalue weighted by atomic mass is 16.5. The molecule has 0 rings (SSSR count). The van der Waals surface area contributed by atoms with E-state index in [-0.39, 0.29) is 18.5 Å². The fourth-order valence-corrected chi connectivity index (χ4v) is 12.8. The number of rotatable bonds is 77. The Morgan fingerprint density at radius 3 is 0.857 bits per heavy atom. The van der Waals surface area contributed by atoms with Crippen molar-refractivity contribution in [2.24, 2.45) is 0 Å². The zero-order chi connectivity index (χ0) is 65.6. The number of esters is 1. The van der Waals surface area contributed by atoms with Crippen LogP contribution < -0.4 is 5.32 Å². The normalized spacial score (nSPS) is 12.8. The number of carbonyl (C=O) groups is 2. The molecule has 0 aromatic heterocycles. The molecule has 0 aromatic rings. The topological polar surface area (TPSA) is 95.9 Å². The summed E-state index contributed by atoms with van der Waals surface area (Å²) in [7, 11) is 0. The van der Waals surface area contributed by atoms with Gasteiger partial charge in [0.25, 0.3) is 0 Å². The van der Waals surface area contributed by atoms with Crippen LogP contribution in [0.3, 0.4) is 0 Å². The molecule has 0 spiro atoms. The van der Waals surface area contributed by atoms with Crippen molar-refractivity contribution in [3.05, 3.63) is 60.8 Å². The lowest BCUT2D eigenvalue weighted by molar-refractivity contribution is -0.143. The zero-order valence-electron chi connectivity index (χ0n) is 61.3. The molecule has 0 fully saturated rings. The Morgan fingerprint density at radius 2 is 0.549 bits per heavy atom. The second-order valence-electron chi connectivity index (χ2n) is 28.1.